The number of rotatable bonds is 4. The topological polar surface area (TPSA) is 29.0 Å². The maximum atomic E-state index is 5.75. The largest absolute Gasteiger partial charge is 0.357 e. The second-order valence-corrected chi connectivity index (χ2v) is 4.61. The van der Waals surface area contributed by atoms with Crippen LogP contribution in [-0.2, 0) is 0 Å². The van der Waals surface area contributed by atoms with Gasteiger partial charge in [-0.1, -0.05) is 13.8 Å². The van der Waals surface area contributed by atoms with E-state index in [1.165, 1.54) is 0 Å². The predicted octanol–water partition coefficient (Wildman–Crippen LogP) is 3.00. The van der Waals surface area contributed by atoms with E-state index < -0.39 is 0 Å². The standard InChI is InChI=1S/C11H18ClN3/c1-8(2)7-9(3)15(4)10-5-6-13-11(12)14-10/h5-6,8-9H,7H2,1-4H3. The fourth-order valence-electron chi connectivity index (χ4n) is 1.59. The number of anilines is 1. The van der Waals surface area contributed by atoms with Crippen molar-refractivity contribution in [1.82, 2.24) is 9.97 Å². The minimum absolute atomic E-state index is 0.302. The van der Waals surface area contributed by atoms with E-state index in [9.17, 15) is 0 Å². The average Bonchev–Trinajstić information content (AvgIpc) is 2.15. The van der Waals surface area contributed by atoms with E-state index in [2.05, 4.69) is 35.6 Å². The fourth-order valence-corrected chi connectivity index (χ4v) is 1.73. The van der Waals surface area contributed by atoms with Gasteiger partial charge in [-0.2, -0.15) is 0 Å². The first-order valence-corrected chi connectivity index (χ1v) is 5.60. The molecule has 0 N–H and O–H groups in total. The molecule has 1 atom stereocenters. The molecule has 1 rings (SSSR count). The fraction of sp³-hybridized carbons (Fsp3) is 0.636. The molecule has 0 saturated heterocycles. The van der Waals surface area contributed by atoms with Gasteiger partial charge in [0, 0.05) is 19.3 Å². The van der Waals surface area contributed by atoms with E-state index in [0.717, 1.165) is 12.2 Å². The molecule has 0 aliphatic rings. The zero-order chi connectivity index (χ0) is 11.4. The molecule has 0 radical (unpaired) electrons. The maximum absolute atomic E-state index is 5.75. The summed E-state index contributed by atoms with van der Waals surface area (Å²) in [5.74, 6) is 1.56. The van der Waals surface area contributed by atoms with E-state index in [4.69, 9.17) is 11.6 Å². The third-order valence-corrected chi connectivity index (χ3v) is 2.63. The van der Waals surface area contributed by atoms with Crippen molar-refractivity contribution in [2.75, 3.05) is 11.9 Å². The summed E-state index contributed by atoms with van der Waals surface area (Å²) in [6.07, 6.45) is 2.82. The van der Waals surface area contributed by atoms with Gasteiger partial charge in [0.05, 0.1) is 0 Å². The predicted molar refractivity (Wildman–Crippen MR) is 64.4 cm³/mol. The van der Waals surface area contributed by atoms with Crippen LogP contribution < -0.4 is 4.90 Å². The summed E-state index contributed by atoms with van der Waals surface area (Å²) in [7, 11) is 2.03. The molecule has 1 heterocycles. The Morgan fingerprint density at radius 2 is 2.07 bits per heavy atom. The van der Waals surface area contributed by atoms with Crippen LogP contribution in [0.3, 0.4) is 0 Å². The molecule has 4 heteroatoms. The molecule has 84 valence electrons. The number of nitrogens with zero attached hydrogens (tertiary/aromatic N) is 3. The van der Waals surface area contributed by atoms with Crippen LogP contribution in [0.1, 0.15) is 27.2 Å². The monoisotopic (exact) mass is 227 g/mol. The van der Waals surface area contributed by atoms with Gasteiger partial charge >= 0.3 is 0 Å². The molecule has 0 aliphatic carbocycles. The lowest BCUT2D eigenvalue weighted by Crippen LogP contribution is -2.30. The molecule has 0 bridgehead atoms. The SMILES string of the molecule is CC(C)CC(C)N(C)c1ccnc(Cl)n1. The van der Waals surface area contributed by atoms with Crippen LogP contribution in [0.15, 0.2) is 12.3 Å². The highest BCUT2D eigenvalue weighted by Gasteiger charge is 2.12. The Kier molecular flexibility index (Phi) is 4.33. The molecule has 0 aliphatic heterocycles. The Morgan fingerprint density at radius 3 is 2.60 bits per heavy atom. The van der Waals surface area contributed by atoms with Crippen molar-refractivity contribution in [3.05, 3.63) is 17.5 Å². The van der Waals surface area contributed by atoms with Gasteiger partial charge in [-0.15, -0.1) is 0 Å². The minimum atomic E-state index is 0.302. The van der Waals surface area contributed by atoms with Crippen LogP contribution >= 0.6 is 11.6 Å². The molecule has 1 unspecified atom stereocenters. The van der Waals surface area contributed by atoms with Crippen molar-refractivity contribution in [3.8, 4) is 0 Å². The van der Waals surface area contributed by atoms with Gasteiger partial charge < -0.3 is 4.90 Å². The lowest BCUT2D eigenvalue weighted by molar-refractivity contribution is 0.502. The minimum Gasteiger partial charge on any atom is -0.357 e. The molecule has 0 saturated carbocycles. The normalized spacial score (nSPS) is 12.9. The quantitative estimate of drug-likeness (QED) is 0.741. The smallest absolute Gasteiger partial charge is 0.224 e. The molecule has 1 aromatic heterocycles. The van der Waals surface area contributed by atoms with Gasteiger partial charge in [0.1, 0.15) is 5.82 Å². The average molecular weight is 228 g/mol. The van der Waals surface area contributed by atoms with E-state index in [-0.39, 0.29) is 0 Å². The summed E-state index contributed by atoms with van der Waals surface area (Å²) in [5.41, 5.74) is 0. The highest BCUT2D eigenvalue weighted by molar-refractivity contribution is 6.28. The first-order chi connectivity index (χ1) is 7.00. The Bertz CT molecular complexity index is 314. The summed E-state index contributed by atoms with van der Waals surface area (Å²) in [6.45, 7) is 6.63. The maximum Gasteiger partial charge on any atom is 0.224 e. The summed E-state index contributed by atoms with van der Waals surface area (Å²) in [6, 6.07) is 2.33. The molecule has 0 aromatic carbocycles. The van der Waals surface area contributed by atoms with Gasteiger partial charge in [-0.3, -0.25) is 0 Å². The van der Waals surface area contributed by atoms with Crippen molar-refractivity contribution >= 4 is 17.4 Å². The lowest BCUT2D eigenvalue weighted by Gasteiger charge is -2.27. The van der Waals surface area contributed by atoms with Crippen molar-refractivity contribution in [1.29, 1.82) is 0 Å². The first-order valence-electron chi connectivity index (χ1n) is 5.22. The third kappa shape index (κ3) is 3.67. The van der Waals surface area contributed by atoms with Crippen LogP contribution in [0.4, 0.5) is 5.82 Å². The van der Waals surface area contributed by atoms with E-state index in [0.29, 0.717) is 17.2 Å². The molecule has 3 nitrogen and oxygen atoms in total. The molecule has 0 fully saturated rings. The molecule has 1 aromatic rings. The molecular weight excluding hydrogens is 210 g/mol. The van der Waals surface area contributed by atoms with E-state index in [1.807, 2.05) is 13.1 Å². The Hall–Kier alpha value is -0.830. The summed E-state index contributed by atoms with van der Waals surface area (Å²) >= 11 is 5.75. The number of hydrogen-bond donors (Lipinski definition) is 0. The number of aromatic nitrogens is 2. The zero-order valence-corrected chi connectivity index (χ0v) is 10.5. The zero-order valence-electron chi connectivity index (χ0n) is 9.74. The van der Waals surface area contributed by atoms with Gasteiger partial charge in [0.2, 0.25) is 5.28 Å². The van der Waals surface area contributed by atoms with Crippen molar-refractivity contribution in [2.24, 2.45) is 5.92 Å². The van der Waals surface area contributed by atoms with Crippen LogP contribution in [-0.4, -0.2) is 23.1 Å². The van der Waals surface area contributed by atoms with Crippen LogP contribution in [0.5, 0.6) is 0 Å². The Balaban J connectivity index is 2.71. The molecular formula is C11H18ClN3. The second-order valence-electron chi connectivity index (χ2n) is 4.27. The molecule has 0 spiro atoms. The van der Waals surface area contributed by atoms with Crippen molar-refractivity contribution in [3.63, 3.8) is 0 Å². The van der Waals surface area contributed by atoms with Gasteiger partial charge in [0.15, 0.2) is 0 Å². The van der Waals surface area contributed by atoms with Crippen molar-refractivity contribution < 1.29 is 0 Å². The second kappa shape index (κ2) is 5.31. The molecule has 15 heavy (non-hydrogen) atoms. The van der Waals surface area contributed by atoms with E-state index >= 15 is 0 Å². The lowest BCUT2D eigenvalue weighted by atomic mass is 10.0. The highest BCUT2D eigenvalue weighted by Crippen LogP contribution is 2.17. The van der Waals surface area contributed by atoms with Crippen LogP contribution in [0.25, 0.3) is 0 Å². The van der Waals surface area contributed by atoms with Gasteiger partial charge in [-0.05, 0) is 36.9 Å². The Labute approximate surface area is 96.5 Å². The summed E-state index contributed by atoms with van der Waals surface area (Å²) < 4.78 is 0. The number of halogens is 1. The van der Waals surface area contributed by atoms with E-state index in [1.54, 1.807) is 6.20 Å². The first kappa shape index (κ1) is 12.2. The van der Waals surface area contributed by atoms with Crippen molar-refractivity contribution in [2.45, 2.75) is 33.2 Å². The van der Waals surface area contributed by atoms with Gasteiger partial charge in [-0.25, -0.2) is 9.97 Å². The summed E-state index contributed by atoms with van der Waals surface area (Å²) in [4.78, 5) is 10.2. The number of hydrogen-bond acceptors (Lipinski definition) is 3. The highest BCUT2D eigenvalue weighted by atomic mass is 35.5. The molecule has 0 amide bonds. The summed E-state index contributed by atoms with van der Waals surface area (Å²) in [5, 5.41) is 0.302. The Morgan fingerprint density at radius 1 is 1.40 bits per heavy atom. The van der Waals surface area contributed by atoms with Gasteiger partial charge in [0.25, 0.3) is 0 Å². The van der Waals surface area contributed by atoms with Crippen LogP contribution in [0, 0.1) is 5.92 Å². The van der Waals surface area contributed by atoms with Crippen LogP contribution in [0.2, 0.25) is 5.28 Å². The third-order valence-electron chi connectivity index (χ3n) is 2.45.